The first kappa shape index (κ1) is 10.9. The van der Waals surface area contributed by atoms with Crippen molar-refractivity contribution in [3.8, 4) is 11.5 Å². The molecule has 1 aromatic rings. The number of phenols is 1. The number of rotatable bonds is 4. The molecular formula is C11H16O3. The van der Waals surface area contributed by atoms with E-state index in [4.69, 9.17) is 9.47 Å². The maximum Gasteiger partial charge on any atom is 0.161 e. The van der Waals surface area contributed by atoms with Crippen molar-refractivity contribution in [3.63, 3.8) is 0 Å². The molecule has 0 radical (unpaired) electrons. The van der Waals surface area contributed by atoms with Crippen molar-refractivity contribution in [2.45, 2.75) is 19.4 Å². The monoisotopic (exact) mass is 196 g/mol. The third-order valence-electron chi connectivity index (χ3n) is 2.21. The Morgan fingerprint density at radius 3 is 2.64 bits per heavy atom. The second kappa shape index (κ2) is 4.86. The van der Waals surface area contributed by atoms with E-state index in [1.54, 1.807) is 20.3 Å². The fourth-order valence-corrected chi connectivity index (χ4v) is 1.29. The maximum atomic E-state index is 9.75. The van der Waals surface area contributed by atoms with Gasteiger partial charge in [0.1, 0.15) is 0 Å². The Kier molecular flexibility index (Phi) is 3.77. The molecule has 3 nitrogen and oxygen atoms in total. The SMILES string of the molecule is COc1cccc(CC(C)OC)c1O. The first-order valence-electron chi connectivity index (χ1n) is 4.56. The van der Waals surface area contributed by atoms with E-state index in [2.05, 4.69) is 0 Å². The molecule has 0 heterocycles. The fourth-order valence-electron chi connectivity index (χ4n) is 1.29. The van der Waals surface area contributed by atoms with Crippen molar-refractivity contribution in [3.05, 3.63) is 23.8 Å². The molecule has 1 atom stereocenters. The normalized spacial score (nSPS) is 12.5. The molecule has 0 aromatic heterocycles. The lowest BCUT2D eigenvalue weighted by Crippen LogP contribution is -2.08. The van der Waals surface area contributed by atoms with E-state index in [0.29, 0.717) is 12.2 Å². The summed E-state index contributed by atoms with van der Waals surface area (Å²) < 4.78 is 10.1. The van der Waals surface area contributed by atoms with Crippen LogP contribution in [0.5, 0.6) is 11.5 Å². The zero-order valence-electron chi connectivity index (χ0n) is 8.78. The van der Waals surface area contributed by atoms with E-state index in [0.717, 1.165) is 5.56 Å². The minimum Gasteiger partial charge on any atom is -0.504 e. The zero-order valence-corrected chi connectivity index (χ0v) is 8.78. The van der Waals surface area contributed by atoms with E-state index in [1.165, 1.54) is 0 Å². The second-order valence-corrected chi connectivity index (χ2v) is 3.22. The van der Waals surface area contributed by atoms with Gasteiger partial charge in [-0.3, -0.25) is 0 Å². The van der Waals surface area contributed by atoms with Crippen LogP contribution >= 0.6 is 0 Å². The minimum atomic E-state index is 0.0907. The Labute approximate surface area is 84.3 Å². The summed E-state index contributed by atoms with van der Waals surface area (Å²) in [6.07, 6.45) is 0.771. The topological polar surface area (TPSA) is 38.7 Å². The van der Waals surface area contributed by atoms with Gasteiger partial charge in [-0.15, -0.1) is 0 Å². The molecule has 0 aliphatic carbocycles. The first-order valence-corrected chi connectivity index (χ1v) is 4.56. The summed E-state index contributed by atoms with van der Waals surface area (Å²) in [5.74, 6) is 0.713. The van der Waals surface area contributed by atoms with Crippen LogP contribution in [0.15, 0.2) is 18.2 Å². The van der Waals surface area contributed by atoms with Crippen molar-refractivity contribution in [2.24, 2.45) is 0 Å². The van der Waals surface area contributed by atoms with Crippen molar-refractivity contribution >= 4 is 0 Å². The number of benzene rings is 1. The summed E-state index contributed by atoms with van der Waals surface area (Å²) in [7, 11) is 3.19. The molecule has 1 N–H and O–H groups in total. The van der Waals surface area contributed by atoms with Gasteiger partial charge in [-0.1, -0.05) is 12.1 Å². The molecule has 3 heteroatoms. The van der Waals surface area contributed by atoms with Crippen LogP contribution in [0.3, 0.4) is 0 Å². The summed E-state index contributed by atoms with van der Waals surface area (Å²) in [5, 5.41) is 9.75. The predicted octanol–water partition coefficient (Wildman–Crippen LogP) is 1.98. The largest absolute Gasteiger partial charge is 0.504 e. The van der Waals surface area contributed by atoms with Crippen LogP contribution in [-0.4, -0.2) is 25.4 Å². The zero-order chi connectivity index (χ0) is 10.6. The number of methoxy groups -OCH3 is 2. The van der Waals surface area contributed by atoms with Gasteiger partial charge in [0.2, 0.25) is 0 Å². The highest BCUT2D eigenvalue weighted by atomic mass is 16.5. The minimum absolute atomic E-state index is 0.0907. The van der Waals surface area contributed by atoms with Gasteiger partial charge in [-0.25, -0.2) is 0 Å². The van der Waals surface area contributed by atoms with Gasteiger partial charge in [-0.05, 0) is 13.0 Å². The van der Waals surface area contributed by atoms with E-state index < -0.39 is 0 Å². The van der Waals surface area contributed by atoms with Crippen LogP contribution in [0.25, 0.3) is 0 Å². The Morgan fingerprint density at radius 1 is 1.36 bits per heavy atom. The Balaban J connectivity index is 2.86. The highest BCUT2D eigenvalue weighted by molar-refractivity contribution is 5.45. The Bertz CT molecular complexity index is 297. The second-order valence-electron chi connectivity index (χ2n) is 3.22. The average molecular weight is 196 g/mol. The molecule has 0 bridgehead atoms. The van der Waals surface area contributed by atoms with E-state index in [-0.39, 0.29) is 11.9 Å². The number of hydrogen-bond acceptors (Lipinski definition) is 3. The molecule has 0 saturated heterocycles. The summed E-state index contributed by atoms with van der Waals surface area (Å²) >= 11 is 0. The highest BCUT2D eigenvalue weighted by Gasteiger charge is 2.09. The van der Waals surface area contributed by atoms with Crippen LogP contribution in [0, 0.1) is 0 Å². The van der Waals surface area contributed by atoms with Gasteiger partial charge >= 0.3 is 0 Å². The summed E-state index contributed by atoms with van der Waals surface area (Å²) in [6, 6.07) is 5.46. The molecule has 0 saturated carbocycles. The van der Waals surface area contributed by atoms with Crippen LogP contribution < -0.4 is 4.74 Å². The molecule has 1 unspecified atom stereocenters. The number of phenolic OH excluding ortho intramolecular Hbond substituents is 1. The quantitative estimate of drug-likeness (QED) is 0.800. The van der Waals surface area contributed by atoms with Crippen molar-refractivity contribution < 1.29 is 14.6 Å². The van der Waals surface area contributed by atoms with Gasteiger partial charge in [0.05, 0.1) is 13.2 Å². The number of para-hydroxylation sites is 1. The van der Waals surface area contributed by atoms with Crippen molar-refractivity contribution in [2.75, 3.05) is 14.2 Å². The number of hydrogen-bond donors (Lipinski definition) is 1. The van der Waals surface area contributed by atoms with Gasteiger partial charge < -0.3 is 14.6 Å². The summed E-state index contributed by atoms with van der Waals surface area (Å²) in [6.45, 7) is 1.96. The van der Waals surface area contributed by atoms with Crippen LogP contribution in [0.2, 0.25) is 0 Å². The van der Waals surface area contributed by atoms with E-state index in [1.807, 2.05) is 19.1 Å². The number of ether oxygens (including phenoxy) is 2. The molecular weight excluding hydrogens is 180 g/mol. The van der Waals surface area contributed by atoms with Crippen LogP contribution in [-0.2, 0) is 11.2 Å². The maximum absolute atomic E-state index is 9.75. The van der Waals surface area contributed by atoms with Crippen molar-refractivity contribution in [1.29, 1.82) is 0 Å². The average Bonchev–Trinajstić information content (AvgIpc) is 2.21. The van der Waals surface area contributed by atoms with E-state index >= 15 is 0 Å². The van der Waals surface area contributed by atoms with Gasteiger partial charge in [0.15, 0.2) is 11.5 Å². The molecule has 0 fully saturated rings. The molecule has 0 amide bonds. The predicted molar refractivity (Wildman–Crippen MR) is 54.8 cm³/mol. The lowest BCUT2D eigenvalue weighted by molar-refractivity contribution is 0.118. The van der Waals surface area contributed by atoms with Gasteiger partial charge in [-0.2, -0.15) is 0 Å². The Morgan fingerprint density at radius 2 is 2.07 bits per heavy atom. The lowest BCUT2D eigenvalue weighted by Gasteiger charge is -2.12. The standard InChI is InChI=1S/C11H16O3/c1-8(13-2)7-9-5-4-6-10(14-3)11(9)12/h4-6,8,12H,7H2,1-3H3. The van der Waals surface area contributed by atoms with Crippen molar-refractivity contribution in [1.82, 2.24) is 0 Å². The fraction of sp³-hybridized carbons (Fsp3) is 0.455. The molecule has 1 aromatic carbocycles. The van der Waals surface area contributed by atoms with Gasteiger partial charge in [0.25, 0.3) is 0 Å². The highest BCUT2D eigenvalue weighted by Crippen LogP contribution is 2.30. The smallest absolute Gasteiger partial charge is 0.161 e. The summed E-state index contributed by atoms with van der Waals surface area (Å²) in [4.78, 5) is 0. The van der Waals surface area contributed by atoms with Gasteiger partial charge in [0, 0.05) is 19.1 Å². The lowest BCUT2D eigenvalue weighted by atomic mass is 10.1. The molecule has 1 rings (SSSR count). The third kappa shape index (κ3) is 2.39. The van der Waals surface area contributed by atoms with E-state index in [9.17, 15) is 5.11 Å². The van der Waals surface area contributed by atoms with Crippen LogP contribution in [0.4, 0.5) is 0 Å². The molecule has 0 aliphatic heterocycles. The molecule has 0 aliphatic rings. The number of aromatic hydroxyl groups is 1. The first-order chi connectivity index (χ1) is 6.69. The molecule has 0 spiro atoms. The van der Waals surface area contributed by atoms with Crippen LogP contribution in [0.1, 0.15) is 12.5 Å². The summed E-state index contributed by atoms with van der Waals surface area (Å²) in [5.41, 5.74) is 0.846. The molecule has 14 heavy (non-hydrogen) atoms. The molecule has 78 valence electrons. The third-order valence-corrected chi connectivity index (χ3v) is 2.21. The Hall–Kier alpha value is -1.22.